The number of pyridine rings is 1. The first-order valence-electron chi connectivity index (χ1n) is 8.16. The van der Waals surface area contributed by atoms with E-state index in [1.165, 1.54) is 0 Å². The van der Waals surface area contributed by atoms with Gasteiger partial charge in [-0.05, 0) is 52.0 Å². The molecule has 0 radical (unpaired) electrons. The smallest absolute Gasteiger partial charge is 0.256 e. The summed E-state index contributed by atoms with van der Waals surface area (Å²) < 4.78 is 11.3. The van der Waals surface area contributed by atoms with Gasteiger partial charge in [-0.3, -0.25) is 4.79 Å². The molecule has 2 rings (SSSR count). The Hall–Kier alpha value is -1.62. The van der Waals surface area contributed by atoms with E-state index in [4.69, 9.17) is 9.47 Å². The average molecular weight is 306 g/mol. The number of nitrogens with one attached hydrogen (secondary N) is 1. The number of ether oxygens (including phenoxy) is 2. The van der Waals surface area contributed by atoms with E-state index < -0.39 is 5.60 Å². The summed E-state index contributed by atoms with van der Waals surface area (Å²) in [4.78, 5) is 16.9. The van der Waals surface area contributed by atoms with E-state index in [2.05, 4.69) is 17.2 Å². The predicted molar refractivity (Wildman–Crippen MR) is 86.2 cm³/mol. The molecule has 5 nitrogen and oxygen atoms in total. The predicted octanol–water partition coefficient (Wildman–Crippen LogP) is 3.47. The van der Waals surface area contributed by atoms with Crippen molar-refractivity contribution in [3.63, 3.8) is 0 Å². The van der Waals surface area contributed by atoms with Crippen molar-refractivity contribution in [2.75, 3.05) is 18.5 Å². The van der Waals surface area contributed by atoms with Crippen LogP contribution in [0.15, 0.2) is 12.3 Å². The van der Waals surface area contributed by atoms with Gasteiger partial charge in [0, 0.05) is 12.2 Å². The summed E-state index contributed by atoms with van der Waals surface area (Å²) in [7, 11) is 0. The van der Waals surface area contributed by atoms with Crippen molar-refractivity contribution in [1.29, 1.82) is 0 Å². The highest BCUT2D eigenvalue weighted by Crippen LogP contribution is 2.34. The second-order valence-corrected chi connectivity index (χ2v) is 5.78. The minimum atomic E-state index is -0.667. The van der Waals surface area contributed by atoms with Crippen LogP contribution in [0.1, 0.15) is 51.5 Å². The quantitative estimate of drug-likeness (QED) is 0.838. The van der Waals surface area contributed by atoms with Gasteiger partial charge in [-0.25, -0.2) is 4.98 Å². The molecule has 1 N–H and O–H groups in total. The summed E-state index contributed by atoms with van der Waals surface area (Å²) in [6.07, 6.45) is 6.23. The van der Waals surface area contributed by atoms with Crippen LogP contribution in [0.25, 0.3) is 0 Å². The first-order valence-corrected chi connectivity index (χ1v) is 8.16. The van der Waals surface area contributed by atoms with Gasteiger partial charge in [0.15, 0.2) is 0 Å². The number of carbonyl (C=O) groups excluding carboxylic acids is 1. The molecule has 122 valence electrons. The zero-order valence-corrected chi connectivity index (χ0v) is 13.8. The number of nitrogens with zero attached hydrogens (tertiary/aromatic N) is 1. The Kier molecular flexibility index (Phi) is 5.77. The van der Waals surface area contributed by atoms with Crippen LogP contribution in [0, 0.1) is 6.92 Å². The molecule has 5 heteroatoms. The van der Waals surface area contributed by atoms with Crippen LogP contribution >= 0.6 is 0 Å². The summed E-state index contributed by atoms with van der Waals surface area (Å²) in [6.45, 7) is 7.11. The van der Waals surface area contributed by atoms with Crippen molar-refractivity contribution in [3.8, 4) is 5.88 Å². The Bertz CT molecular complexity index is 511. The maximum absolute atomic E-state index is 12.6. The molecule has 0 bridgehead atoms. The van der Waals surface area contributed by atoms with Crippen LogP contribution < -0.4 is 10.1 Å². The Morgan fingerprint density at radius 2 is 2.09 bits per heavy atom. The number of rotatable bonds is 7. The topological polar surface area (TPSA) is 60.5 Å². The second-order valence-electron chi connectivity index (χ2n) is 5.78. The number of carbonyl (C=O) groups is 1. The van der Waals surface area contributed by atoms with Gasteiger partial charge in [0.05, 0.1) is 18.5 Å². The number of aryl methyl sites for hydroxylation is 1. The van der Waals surface area contributed by atoms with E-state index in [0.717, 1.165) is 37.7 Å². The lowest BCUT2D eigenvalue weighted by Crippen LogP contribution is -2.43. The van der Waals surface area contributed by atoms with E-state index in [1.807, 2.05) is 19.9 Å². The third kappa shape index (κ3) is 3.77. The number of aromatic nitrogens is 1. The van der Waals surface area contributed by atoms with Crippen molar-refractivity contribution in [1.82, 2.24) is 4.98 Å². The summed E-state index contributed by atoms with van der Waals surface area (Å²) in [6, 6.07) is 1.89. The van der Waals surface area contributed by atoms with Crippen LogP contribution in [0.4, 0.5) is 5.69 Å². The Morgan fingerprint density at radius 3 is 2.68 bits per heavy atom. The maximum Gasteiger partial charge on any atom is 0.256 e. The highest BCUT2D eigenvalue weighted by atomic mass is 16.5. The number of amides is 1. The molecular formula is C17H26N2O3. The first-order chi connectivity index (χ1) is 10.6. The highest BCUT2D eigenvalue weighted by molar-refractivity contribution is 5.97. The summed E-state index contributed by atoms with van der Waals surface area (Å²) >= 11 is 0. The fraction of sp³-hybridized carbons (Fsp3) is 0.647. The lowest BCUT2D eigenvalue weighted by atomic mass is 10.0. The first kappa shape index (κ1) is 16.7. The summed E-state index contributed by atoms with van der Waals surface area (Å²) in [5, 5.41) is 2.95. The molecule has 1 aromatic heterocycles. The molecule has 1 amide bonds. The molecule has 1 heterocycles. The van der Waals surface area contributed by atoms with E-state index in [1.54, 1.807) is 6.20 Å². The average Bonchev–Trinajstić information content (AvgIpc) is 2.97. The normalized spacial score (nSPS) is 16.5. The van der Waals surface area contributed by atoms with Gasteiger partial charge >= 0.3 is 0 Å². The van der Waals surface area contributed by atoms with Gasteiger partial charge < -0.3 is 14.8 Å². The maximum atomic E-state index is 12.6. The van der Waals surface area contributed by atoms with Crippen molar-refractivity contribution < 1.29 is 14.3 Å². The fourth-order valence-corrected chi connectivity index (χ4v) is 2.88. The molecule has 0 aromatic carbocycles. The van der Waals surface area contributed by atoms with E-state index in [9.17, 15) is 4.79 Å². The molecule has 0 saturated heterocycles. The van der Waals surface area contributed by atoms with Gasteiger partial charge in [-0.1, -0.05) is 6.92 Å². The largest absolute Gasteiger partial charge is 0.477 e. The van der Waals surface area contributed by atoms with Crippen LogP contribution in [0.2, 0.25) is 0 Å². The standard InChI is InChI=1S/C17H26N2O3/c1-4-10-21-15-13(3)11-14(12-18-15)19-16(20)17(22-5-2)8-6-7-9-17/h11-12H,4-10H2,1-3H3,(H,19,20). The molecule has 0 atom stereocenters. The Morgan fingerprint density at radius 1 is 1.36 bits per heavy atom. The fourth-order valence-electron chi connectivity index (χ4n) is 2.88. The van der Waals surface area contributed by atoms with Gasteiger partial charge in [-0.2, -0.15) is 0 Å². The molecule has 1 saturated carbocycles. The Labute approximate surface area is 132 Å². The zero-order chi connectivity index (χ0) is 16.0. The van der Waals surface area contributed by atoms with E-state index >= 15 is 0 Å². The lowest BCUT2D eigenvalue weighted by Gasteiger charge is -2.27. The third-order valence-corrected chi connectivity index (χ3v) is 3.98. The monoisotopic (exact) mass is 306 g/mol. The third-order valence-electron chi connectivity index (χ3n) is 3.98. The van der Waals surface area contributed by atoms with Gasteiger partial charge in [0.25, 0.3) is 5.91 Å². The molecule has 1 aliphatic rings. The van der Waals surface area contributed by atoms with Crippen LogP contribution in [0.5, 0.6) is 5.88 Å². The SMILES string of the molecule is CCCOc1ncc(NC(=O)C2(OCC)CCCC2)cc1C. The zero-order valence-electron chi connectivity index (χ0n) is 13.8. The van der Waals surface area contributed by atoms with Gasteiger partial charge in [0.1, 0.15) is 5.60 Å². The van der Waals surface area contributed by atoms with E-state index in [-0.39, 0.29) is 5.91 Å². The lowest BCUT2D eigenvalue weighted by molar-refractivity contribution is -0.140. The summed E-state index contributed by atoms with van der Waals surface area (Å²) in [5.41, 5.74) is 0.945. The minimum Gasteiger partial charge on any atom is -0.477 e. The molecule has 22 heavy (non-hydrogen) atoms. The number of hydrogen-bond acceptors (Lipinski definition) is 4. The van der Waals surface area contributed by atoms with Crippen molar-refractivity contribution >= 4 is 11.6 Å². The van der Waals surface area contributed by atoms with Crippen LogP contribution in [0.3, 0.4) is 0 Å². The molecule has 0 spiro atoms. The van der Waals surface area contributed by atoms with E-state index in [0.29, 0.717) is 24.8 Å². The van der Waals surface area contributed by atoms with Crippen molar-refractivity contribution in [2.24, 2.45) is 0 Å². The van der Waals surface area contributed by atoms with Crippen LogP contribution in [-0.2, 0) is 9.53 Å². The minimum absolute atomic E-state index is 0.0599. The van der Waals surface area contributed by atoms with Crippen molar-refractivity contribution in [2.45, 2.75) is 58.5 Å². The molecule has 1 fully saturated rings. The van der Waals surface area contributed by atoms with Crippen LogP contribution in [-0.4, -0.2) is 29.7 Å². The Balaban J connectivity index is 2.06. The molecule has 1 aromatic rings. The second kappa shape index (κ2) is 7.58. The molecule has 1 aliphatic carbocycles. The number of hydrogen-bond donors (Lipinski definition) is 1. The van der Waals surface area contributed by atoms with Gasteiger partial charge in [0.2, 0.25) is 5.88 Å². The van der Waals surface area contributed by atoms with Crippen molar-refractivity contribution in [3.05, 3.63) is 17.8 Å². The summed E-state index contributed by atoms with van der Waals surface area (Å²) in [5.74, 6) is 0.565. The molecule has 0 aliphatic heterocycles. The highest BCUT2D eigenvalue weighted by Gasteiger charge is 2.42. The number of anilines is 1. The molecular weight excluding hydrogens is 280 g/mol. The molecule has 0 unspecified atom stereocenters. The van der Waals surface area contributed by atoms with Gasteiger partial charge in [-0.15, -0.1) is 0 Å².